The van der Waals surface area contributed by atoms with Crippen molar-refractivity contribution in [2.45, 2.75) is 78.6 Å². The third-order valence-corrected chi connectivity index (χ3v) is 7.48. The number of carbonyl (C=O) groups excluding carboxylic acids is 2. The van der Waals surface area contributed by atoms with Crippen LogP contribution in [0.5, 0.6) is 0 Å². The normalized spacial score (nSPS) is 40.7. The maximum atomic E-state index is 13.9. The summed E-state index contributed by atoms with van der Waals surface area (Å²) >= 11 is 0. The molecule has 29 heavy (non-hydrogen) atoms. The predicted octanol–water partition coefficient (Wildman–Crippen LogP) is 3.42. The quantitative estimate of drug-likeness (QED) is 0.559. The average molecular weight is 404 g/mol. The van der Waals surface area contributed by atoms with Crippen LogP contribution in [-0.4, -0.2) is 42.2 Å². The Kier molecular flexibility index (Phi) is 6.40. The summed E-state index contributed by atoms with van der Waals surface area (Å²) < 4.78 is 5.50. The molecule has 0 aromatic heterocycles. The van der Waals surface area contributed by atoms with E-state index in [9.17, 15) is 14.7 Å². The molecule has 5 nitrogen and oxygen atoms in total. The number of methoxy groups -OCH3 is 1. The van der Waals surface area contributed by atoms with Gasteiger partial charge in [-0.1, -0.05) is 44.1 Å². The molecular weight excluding hydrogens is 366 g/mol. The zero-order valence-corrected chi connectivity index (χ0v) is 18.7. The molecule has 1 spiro atoms. The Hall–Kier alpha value is -1.46. The van der Waals surface area contributed by atoms with Crippen LogP contribution in [0.15, 0.2) is 23.3 Å². The van der Waals surface area contributed by atoms with Crippen molar-refractivity contribution >= 4 is 11.7 Å². The minimum Gasteiger partial charge on any atom is -0.390 e. The number of allylic oxidation sites excluding steroid dienone is 4. The third-order valence-electron chi connectivity index (χ3n) is 7.48. The van der Waals surface area contributed by atoms with E-state index < -0.39 is 17.6 Å². The van der Waals surface area contributed by atoms with Crippen molar-refractivity contribution in [3.63, 3.8) is 0 Å². The Bertz CT molecular complexity index is 724. The topological polar surface area (TPSA) is 75.6 Å². The molecule has 1 fully saturated rings. The summed E-state index contributed by atoms with van der Waals surface area (Å²) in [5.74, 6) is -0.0104. The number of ether oxygens (including phenoxy) is 1. The van der Waals surface area contributed by atoms with Gasteiger partial charge in [0, 0.05) is 31.4 Å². The molecule has 1 amide bonds. The molecule has 1 saturated heterocycles. The summed E-state index contributed by atoms with van der Waals surface area (Å²) in [4.78, 5) is 27.4. The number of hydrogen-bond acceptors (Lipinski definition) is 4. The summed E-state index contributed by atoms with van der Waals surface area (Å²) in [5, 5.41) is 13.8. The maximum absolute atomic E-state index is 13.9. The predicted molar refractivity (Wildman–Crippen MR) is 113 cm³/mol. The standard InChI is InChI=1S/C24H37NO4/c1-13(2)9-18-22-16(5)15(4)11-17-10-14(3)7-8-19(26)20(29-6)12-21(27)24(17,22)23(28)25-18/h10-11,13,16-20,22,26H,7-9,12H2,1-6H3,(H,25,28). The molecule has 2 aliphatic carbocycles. The molecule has 7 atom stereocenters. The lowest BCUT2D eigenvalue weighted by Gasteiger charge is -2.45. The van der Waals surface area contributed by atoms with Gasteiger partial charge in [-0.2, -0.15) is 0 Å². The molecule has 3 rings (SSSR count). The van der Waals surface area contributed by atoms with Gasteiger partial charge in [-0.25, -0.2) is 0 Å². The van der Waals surface area contributed by atoms with Gasteiger partial charge in [0.05, 0.1) is 12.2 Å². The SMILES string of the molecule is COC1CC(=O)C23C(=O)NC(CC(C)C)C2C(C)C(C)=CC3C=C(C)CCC1O. The number of ketones is 1. The van der Waals surface area contributed by atoms with Crippen LogP contribution in [0.2, 0.25) is 0 Å². The molecule has 3 aliphatic rings. The fourth-order valence-corrected chi connectivity index (χ4v) is 5.88. The number of amides is 1. The van der Waals surface area contributed by atoms with Crippen LogP contribution in [0.4, 0.5) is 0 Å². The van der Waals surface area contributed by atoms with Crippen LogP contribution in [0.25, 0.3) is 0 Å². The Balaban J connectivity index is 2.18. The van der Waals surface area contributed by atoms with Gasteiger partial charge >= 0.3 is 0 Å². The molecule has 7 unspecified atom stereocenters. The van der Waals surface area contributed by atoms with Crippen molar-refractivity contribution in [1.29, 1.82) is 0 Å². The molecule has 1 heterocycles. The Morgan fingerprint density at radius 2 is 1.97 bits per heavy atom. The average Bonchev–Trinajstić information content (AvgIpc) is 2.93. The van der Waals surface area contributed by atoms with E-state index in [4.69, 9.17) is 4.74 Å². The van der Waals surface area contributed by atoms with E-state index >= 15 is 0 Å². The number of rotatable bonds is 3. The highest BCUT2D eigenvalue weighted by Gasteiger charge is 2.65. The highest BCUT2D eigenvalue weighted by molar-refractivity contribution is 6.09. The smallest absolute Gasteiger partial charge is 0.235 e. The van der Waals surface area contributed by atoms with Crippen molar-refractivity contribution in [2.75, 3.05) is 7.11 Å². The zero-order valence-electron chi connectivity index (χ0n) is 18.7. The Morgan fingerprint density at radius 1 is 1.28 bits per heavy atom. The number of Topliss-reactive ketones (excluding diaryl/α,β-unsaturated/α-hetero) is 1. The van der Waals surface area contributed by atoms with Gasteiger partial charge in [-0.3, -0.25) is 9.59 Å². The monoisotopic (exact) mass is 403 g/mol. The summed E-state index contributed by atoms with van der Waals surface area (Å²) in [6.45, 7) is 10.6. The molecule has 0 saturated carbocycles. The minimum atomic E-state index is -1.12. The molecule has 2 N–H and O–H groups in total. The first-order chi connectivity index (χ1) is 13.6. The van der Waals surface area contributed by atoms with E-state index in [2.05, 4.69) is 45.2 Å². The number of aliphatic hydroxyl groups excluding tert-OH is 1. The van der Waals surface area contributed by atoms with E-state index in [0.29, 0.717) is 12.3 Å². The van der Waals surface area contributed by atoms with Crippen LogP contribution in [-0.2, 0) is 14.3 Å². The van der Waals surface area contributed by atoms with Crippen molar-refractivity contribution in [3.05, 3.63) is 23.3 Å². The summed E-state index contributed by atoms with van der Waals surface area (Å²) in [6.07, 6.45) is 5.16. The summed E-state index contributed by atoms with van der Waals surface area (Å²) in [7, 11) is 1.53. The molecule has 0 aromatic carbocycles. The van der Waals surface area contributed by atoms with Gasteiger partial charge in [-0.15, -0.1) is 0 Å². The van der Waals surface area contributed by atoms with Crippen LogP contribution < -0.4 is 5.32 Å². The van der Waals surface area contributed by atoms with Crippen molar-refractivity contribution in [3.8, 4) is 0 Å². The van der Waals surface area contributed by atoms with Crippen molar-refractivity contribution < 1.29 is 19.4 Å². The lowest BCUT2D eigenvalue weighted by atomic mass is 9.54. The largest absolute Gasteiger partial charge is 0.390 e. The zero-order chi connectivity index (χ0) is 21.5. The van der Waals surface area contributed by atoms with E-state index in [-0.39, 0.29) is 41.9 Å². The first kappa shape index (κ1) is 22.2. The van der Waals surface area contributed by atoms with E-state index in [1.54, 1.807) is 0 Å². The first-order valence-corrected chi connectivity index (χ1v) is 11.0. The Labute approximate surface area is 175 Å². The molecule has 1 aliphatic heterocycles. The van der Waals surface area contributed by atoms with Gasteiger partial charge in [0.15, 0.2) is 5.78 Å². The van der Waals surface area contributed by atoms with Gasteiger partial charge in [-0.05, 0) is 44.9 Å². The van der Waals surface area contributed by atoms with Crippen LogP contribution in [0.1, 0.15) is 60.3 Å². The molecule has 0 radical (unpaired) electrons. The van der Waals surface area contributed by atoms with Crippen molar-refractivity contribution in [1.82, 2.24) is 5.32 Å². The van der Waals surface area contributed by atoms with Crippen LogP contribution in [0.3, 0.4) is 0 Å². The number of hydrogen-bond donors (Lipinski definition) is 2. The molecule has 0 aromatic rings. The highest BCUT2D eigenvalue weighted by Crippen LogP contribution is 2.55. The Morgan fingerprint density at radius 3 is 2.59 bits per heavy atom. The third kappa shape index (κ3) is 3.72. The van der Waals surface area contributed by atoms with Gasteiger partial charge in [0.25, 0.3) is 0 Å². The second-order valence-corrected chi connectivity index (χ2v) is 9.85. The molecule has 0 bridgehead atoms. The minimum absolute atomic E-state index is 0.0184. The van der Waals surface area contributed by atoms with Gasteiger partial charge in [0.2, 0.25) is 5.91 Å². The number of nitrogens with one attached hydrogen (secondary N) is 1. The van der Waals surface area contributed by atoms with Gasteiger partial charge in [0.1, 0.15) is 5.41 Å². The lowest BCUT2D eigenvalue weighted by molar-refractivity contribution is -0.148. The van der Waals surface area contributed by atoms with Crippen LogP contribution >= 0.6 is 0 Å². The molecule has 5 heteroatoms. The highest BCUT2D eigenvalue weighted by atomic mass is 16.5. The van der Waals surface area contributed by atoms with E-state index in [1.165, 1.54) is 12.7 Å². The molecule has 162 valence electrons. The fourth-order valence-electron chi connectivity index (χ4n) is 5.88. The second-order valence-electron chi connectivity index (χ2n) is 9.85. The lowest BCUT2D eigenvalue weighted by Crippen LogP contribution is -2.53. The first-order valence-electron chi connectivity index (χ1n) is 11.0. The number of carbonyl (C=O) groups is 2. The van der Waals surface area contributed by atoms with Crippen molar-refractivity contribution in [2.24, 2.45) is 29.1 Å². The number of aliphatic hydroxyl groups is 1. The van der Waals surface area contributed by atoms with Gasteiger partial charge < -0.3 is 15.2 Å². The van der Waals surface area contributed by atoms with E-state index in [1.807, 2.05) is 6.92 Å². The summed E-state index contributed by atoms with van der Waals surface area (Å²) in [6, 6.07) is -0.0184. The van der Waals surface area contributed by atoms with E-state index in [0.717, 1.165) is 18.4 Å². The maximum Gasteiger partial charge on any atom is 0.235 e. The van der Waals surface area contributed by atoms with Crippen LogP contribution in [0, 0.1) is 29.1 Å². The molecular formula is C24H37NO4. The summed E-state index contributed by atoms with van der Waals surface area (Å²) in [5.41, 5.74) is 1.24. The second kappa shape index (κ2) is 8.35. The fraction of sp³-hybridized carbons (Fsp3) is 0.750.